The molecule has 65 heavy (non-hydrogen) atoms. The van der Waals surface area contributed by atoms with Crippen molar-refractivity contribution in [2.75, 3.05) is 59.0 Å². The molecule has 3 aromatic rings. The zero-order valence-corrected chi connectivity index (χ0v) is 38.7. The van der Waals surface area contributed by atoms with Gasteiger partial charge in [0, 0.05) is 83.8 Å². The van der Waals surface area contributed by atoms with Gasteiger partial charge in [0.15, 0.2) is 11.9 Å². The van der Waals surface area contributed by atoms with Crippen LogP contribution in [0, 0.1) is 11.3 Å². The second-order valence-corrected chi connectivity index (χ2v) is 19.5. The van der Waals surface area contributed by atoms with E-state index in [1.165, 1.54) is 33.2 Å². The van der Waals surface area contributed by atoms with Crippen molar-refractivity contribution in [3.63, 3.8) is 0 Å². The Morgan fingerprint density at radius 3 is 2.31 bits per heavy atom. The highest BCUT2D eigenvalue weighted by Gasteiger charge is 2.81. The molecule has 1 unspecified atom stereocenters. The topological polar surface area (TPSA) is 188 Å². The SMILES string of the molecule is CCc1cc2c3c([nH]c2cc1C(C)=O)[C@@](C(=O)OC)(c1cc2c(cc1OC)N(C=O)[C@H]1[C@@](O)(C(=O)OC)[C@H](OC(C)=O)[C@]4(CC)C=CCN5CC[C@]21[C@@H]54)C[C@@H]1CN(CC3)C[C@](O)(CC)C1. The van der Waals surface area contributed by atoms with Gasteiger partial charge in [0.2, 0.25) is 12.0 Å². The second-order valence-electron chi connectivity index (χ2n) is 19.5. The first-order valence-corrected chi connectivity index (χ1v) is 23.1. The van der Waals surface area contributed by atoms with Gasteiger partial charge in [0.25, 0.3) is 0 Å². The van der Waals surface area contributed by atoms with E-state index in [1.54, 1.807) is 13.0 Å². The van der Waals surface area contributed by atoms with Gasteiger partial charge in [0.1, 0.15) is 11.2 Å². The van der Waals surface area contributed by atoms with Crippen LogP contribution in [0.5, 0.6) is 5.75 Å². The highest BCUT2D eigenvalue weighted by atomic mass is 16.6. The number of aromatic nitrogens is 1. The van der Waals surface area contributed by atoms with Crippen LogP contribution in [0.15, 0.2) is 36.4 Å². The maximum atomic E-state index is 15.6. The van der Waals surface area contributed by atoms with Crippen LogP contribution in [0.3, 0.4) is 0 Å². The number of aliphatic hydroxyl groups is 2. The van der Waals surface area contributed by atoms with Crippen molar-refractivity contribution in [1.82, 2.24) is 14.8 Å². The third kappa shape index (κ3) is 6.03. The lowest BCUT2D eigenvalue weighted by molar-refractivity contribution is -0.228. The number of fused-ring (bicyclic) bond motifs is 6. The number of esters is 3. The number of nitrogens with zero attached hydrogens (tertiary/aromatic N) is 3. The molecule has 5 aliphatic heterocycles. The standard InChI is InChI=1S/C50H62N4O11/c1-9-31-19-34-32-13-17-52-25-30(23-46(60,10-2)26-52)24-49(44(58)63-7,40(32)51-37(34)20-33(31)28(4)56)36-21-35-38(22-39(36)62-6)54(27-55)42-48(35)15-18-53-16-12-14-47(11-3,41(48)53)43(65-29(5)57)50(42,61)45(59)64-8/h12,14,19-22,27,30,41-43,51,60-61H,9-11,13,15-18,23-26H2,1-8H3/t30-,41+,42-,43-,46+,47-,48-,49+,50+/m1/s1. The molecule has 1 spiro atoms. The number of aromatic amines is 1. The normalized spacial score (nSPS) is 34.6. The van der Waals surface area contributed by atoms with E-state index in [-0.39, 0.29) is 23.9 Å². The van der Waals surface area contributed by atoms with Crippen molar-refractivity contribution in [2.24, 2.45) is 11.3 Å². The van der Waals surface area contributed by atoms with E-state index in [0.717, 1.165) is 16.5 Å². The minimum absolute atomic E-state index is 0.0724. The molecule has 1 aromatic heterocycles. The molecule has 6 aliphatic rings. The van der Waals surface area contributed by atoms with Crippen LogP contribution in [0.1, 0.15) is 105 Å². The van der Waals surface area contributed by atoms with Gasteiger partial charge in [-0.05, 0) is 99.2 Å². The van der Waals surface area contributed by atoms with E-state index in [1.807, 2.05) is 45.1 Å². The van der Waals surface area contributed by atoms with Crippen LogP contribution in [0.25, 0.3) is 10.9 Å². The van der Waals surface area contributed by atoms with Gasteiger partial charge in [-0.25, -0.2) is 4.79 Å². The van der Waals surface area contributed by atoms with E-state index < -0.39 is 63.5 Å². The highest BCUT2D eigenvalue weighted by Crippen LogP contribution is 2.68. The number of piperidine rings is 1. The van der Waals surface area contributed by atoms with E-state index in [0.29, 0.717) is 111 Å². The monoisotopic (exact) mass is 894 g/mol. The Balaban J connectivity index is 1.40. The number of methoxy groups -OCH3 is 3. The predicted molar refractivity (Wildman–Crippen MR) is 240 cm³/mol. The number of nitrogens with one attached hydrogen (secondary N) is 1. The summed E-state index contributed by atoms with van der Waals surface area (Å²) >= 11 is 0. The number of anilines is 1. The van der Waals surface area contributed by atoms with Gasteiger partial charge in [0.05, 0.1) is 38.7 Å². The van der Waals surface area contributed by atoms with E-state index in [9.17, 15) is 29.4 Å². The smallest absolute Gasteiger partial charge is 0.344 e. The number of ether oxygens (including phenoxy) is 4. The molecular formula is C50H62N4O11. The van der Waals surface area contributed by atoms with Crippen LogP contribution in [-0.2, 0) is 57.1 Å². The first-order chi connectivity index (χ1) is 31.0. The molecule has 3 fully saturated rings. The fraction of sp³-hybridized carbons (Fsp3) is 0.580. The van der Waals surface area contributed by atoms with E-state index in [4.69, 9.17) is 18.9 Å². The molecule has 15 heteroatoms. The Labute approximate surface area is 379 Å². The number of rotatable bonds is 10. The maximum absolute atomic E-state index is 15.6. The van der Waals surface area contributed by atoms with Crippen molar-refractivity contribution in [3.8, 4) is 5.75 Å². The molecule has 15 nitrogen and oxygen atoms in total. The third-order valence-electron chi connectivity index (χ3n) is 16.6. The fourth-order valence-electron chi connectivity index (χ4n) is 14.1. The predicted octanol–water partition coefficient (Wildman–Crippen LogP) is 4.28. The average molecular weight is 895 g/mol. The number of H-pyrrole nitrogens is 1. The number of aryl methyl sites for hydroxylation is 1. The molecule has 1 amide bonds. The van der Waals surface area contributed by atoms with E-state index in [2.05, 4.69) is 20.9 Å². The van der Waals surface area contributed by atoms with Crippen LogP contribution in [-0.4, -0.2) is 139 Å². The van der Waals surface area contributed by atoms with Gasteiger partial charge in [-0.15, -0.1) is 0 Å². The Morgan fingerprint density at radius 1 is 0.923 bits per heavy atom. The lowest BCUT2D eigenvalue weighted by Gasteiger charge is -2.63. The summed E-state index contributed by atoms with van der Waals surface area (Å²) in [6.07, 6.45) is 6.08. The molecular weight excluding hydrogens is 833 g/mol. The average Bonchev–Trinajstić information content (AvgIpc) is 3.97. The summed E-state index contributed by atoms with van der Waals surface area (Å²) in [6, 6.07) is 5.77. The van der Waals surface area contributed by atoms with Crippen molar-refractivity contribution in [2.45, 2.75) is 120 Å². The summed E-state index contributed by atoms with van der Waals surface area (Å²) in [5.41, 5.74) is -2.43. The van der Waals surface area contributed by atoms with Gasteiger partial charge in [-0.1, -0.05) is 32.9 Å². The first kappa shape index (κ1) is 45.1. The molecule has 0 radical (unpaired) electrons. The number of ketones is 1. The fourth-order valence-corrected chi connectivity index (χ4v) is 14.1. The molecule has 1 aliphatic carbocycles. The second kappa shape index (κ2) is 15.8. The van der Waals surface area contributed by atoms with Crippen molar-refractivity contribution in [3.05, 3.63) is 69.9 Å². The molecule has 2 saturated heterocycles. The molecule has 3 N–H and O–H groups in total. The largest absolute Gasteiger partial charge is 0.496 e. The summed E-state index contributed by atoms with van der Waals surface area (Å²) in [4.78, 5) is 79.7. The minimum Gasteiger partial charge on any atom is -0.496 e. The zero-order valence-electron chi connectivity index (χ0n) is 38.7. The molecule has 348 valence electrons. The number of hydrogen-bond acceptors (Lipinski definition) is 13. The lowest BCUT2D eigenvalue weighted by atomic mass is 9.47. The number of carbonyl (C=O) groups excluding carboxylic acids is 5. The highest BCUT2D eigenvalue weighted by molar-refractivity contribution is 6.02. The van der Waals surface area contributed by atoms with Crippen LogP contribution < -0.4 is 9.64 Å². The van der Waals surface area contributed by atoms with Crippen molar-refractivity contribution < 1.29 is 53.1 Å². The Kier molecular flexibility index (Phi) is 10.9. The number of Topliss-reactive ketones (excluding diaryl/α,β-unsaturated/α-hetero) is 1. The van der Waals surface area contributed by atoms with Gasteiger partial charge < -0.3 is 39.0 Å². The number of hydrogen-bond donors (Lipinski definition) is 3. The molecule has 2 aromatic carbocycles. The summed E-state index contributed by atoms with van der Waals surface area (Å²) in [5.74, 6) is -2.35. The number of carbonyl (C=O) groups is 5. The third-order valence-corrected chi connectivity index (χ3v) is 16.6. The summed E-state index contributed by atoms with van der Waals surface area (Å²) in [6.45, 7) is 11.5. The van der Waals surface area contributed by atoms with Crippen LogP contribution in [0.4, 0.5) is 5.69 Å². The summed E-state index contributed by atoms with van der Waals surface area (Å²) in [5, 5.41) is 26.3. The number of benzene rings is 2. The van der Waals surface area contributed by atoms with E-state index >= 15 is 4.79 Å². The summed E-state index contributed by atoms with van der Waals surface area (Å²) in [7, 11) is 4.03. The summed E-state index contributed by atoms with van der Waals surface area (Å²) < 4.78 is 23.8. The molecule has 6 heterocycles. The van der Waals surface area contributed by atoms with Crippen molar-refractivity contribution >= 4 is 46.7 Å². The van der Waals surface area contributed by atoms with Gasteiger partial charge in [-0.2, -0.15) is 0 Å². The molecule has 9 rings (SSSR count). The van der Waals surface area contributed by atoms with Crippen LogP contribution >= 0.6 is 0 Å². The van der Waals surface area contributed by atoms with Crippen molar-refractivity contribution in [1.29, 1.82) is 0 Å². The maximum Gasteiger partial charge on any atom is 0.344 e. The Morgan fingerprint density at radius 2 is 1.68 bits per heavy atom. The Hall–Kier alpha value is -5.09. The zero-order chi connectivity index (χ0) is 46.6. The van der Waals surface area contributed by atoms with Gasteiger partial charge >= 0.3 is 17.9 Å². The lowest BCUT2D eigenvalue weighted by Crippen LogP contribution is -2.81. The molecule has 2 bridgehead atoms. The molecule has 10 atom stereocenters. The minimum atomic E-state index is -2.57. The quantitative estimate of drug-likeness (QED) is 0.0862. The molecule has 1 saturated carbocycles. The first-order valence-electron chi connectivity index (χ1n) is 23.1. The van der Waals surface area contributed by atoms with Gasteiger partial charge in [-0.3, -0.25) is 29.0 Å². The number of amides is 1. The Bertz CT molecular complexity index is 2540. The van der Waals surface area contributed by atoms with Crippen LogP contribution in [0.2, 0.25) is 0 Å².